The molecule has 2 aromatic rings. The van der Waals surface area contributed by atoms with Crippen molar-refractivity contribution in [3.05, 3.63) is 30.0 Å². The molecule has 1 aliphatic heterocycles. The lowest BCUT2D eigenvalue weighted by Gasteiger charge is -2.33. The van der Waals surface area contributed by atoms with Crippen LogP contribution in [-0.2, 0) is 25.7 Å². The first-order valence-corrected chi connectivity index (χ1v) is 12.7. The highest BCUT2D eigenvalue weighted by Crippen LogP contribution is 2.15. The van der Waals surface area contributed by atoms with Gasteiger partial charge in [0.2, 0.25) is 5.91 Å². The van der Waals surface area contributed by atoms with Crippen molar-refractivity contribution < 1.29 is 34.5 Å². The third-order valence-electron chi connectivity index (χ3n) is 6.31. The summed E-state index contributed by atoms with van der Waals surface area (Å²) in [6, 6.07) is 7.30. The van der Waals surface area contributed by atoms with Crippen LogP contribution in [0.1, 0.15) is 12.6 Å². The van der Waals surface area contributed by atoms with Crippen molar-refractivity contribution in [1.29, 1.82) is 0 Å². The number of carbonyl (C=O) groups is 4. The zero-order chi connectivity index (χ0) is 28.4. The Kier molecular flexibility index (Phi) is 11.0. The molecule has 14 nitrogen and oxygen atoms in total. The molecule has 0 bridgehead atoms. The summed E-state index contributed by atoms with van der Waals surface area (Å²) < 4.78 is 0. The number of fused-ring (bicyclic) bond motifs is 1. The van der Waals surface area contributed by atoms with Gasteiger partial charge in [-0.2, -0.15) is 0 Å². The van der Waals surface area contributed by atoms with Crippen LogP contribution in [0.25, 0.3) is 11.0 Å². The van der Waals surface area contributed by atoms with Crippen molar-refractivity contribution in [3.63, 3.8) is 0 Å². The number of pyridine rings is 2. The summed E-state index contributed by atoms with van der Waals surface area (Å²) in [4.78, 5) is 62.1. The van der Waals surface area contributed by atoms with E-state index in [0.717, 1.165) is 11.1 Å². The molecule has 1 saturated heterocycles. The van der Waals surface area contributed by atoms with Gasteiger partial charge in [0, 0.05) is 71.2 Å². The summed E-state index contributed by atoms with van der Waals surface area (Å²) in [5.41, 5.74) is 1.20. The molecule has 3 heterocycles. The monoisotopic (exact) mass is 545 g/mol. The molecule has 1 amide bonds. The molecule has 0 radical (unpaired) electrons. The molecule has 0 spiro atoms. The summed E-state index contributed by atoms with van der Waals surface area (Å²) in [7, 11) is 0. The lowest BCUT2D eigenvalue weighted by Crippen LogP contribution is -2.48. The first kappa shape index (κ1) is 29.8. The summed E-state index contributed by atoms with van der Waals surface area (Å²) in [6.07, 6.45) is 0. The first-order chi connectivity index (χ1) is 18.6. The van der Waals surface area contributed by atoms with Crippen LogP contribution in [0.15, 0.2) is 24.3 Å². The van der Waals surface area contributed by atoms with Gasteiger partial charge in [0.1, 0.15) is 5.82 Å². The number of hydrogen-bond donors (Lipinski definition) is 4. The fraction of sp³-hybridized carbons (Fsp3) is 0.520. The van der Waals surface area contributed by atoms with Crippen molar-refractivity contribution in [1.82, 2.24) is 29.6 Å². The second kappa shape index (κ2) is 14.4. The van der Waals surface area contributed by atoms with E-state index in [9.17, 15) is 34.5 Å². The highest BCUT2D eigenvalue weighted by atomic mass is 16.4. The smallest absolute Gasteiger partial charge is 0.317 e. The largest absolute Gasteiger partial charge is 0.480 e. The van der Waals surface area contributed by atoms with Gasteiger partial charge < -0.3 is 20.6 Å². The van der Waals surface area contributed by atoms with Gasteiger partial charge >= 0.3 is 17.9 Å². The number of hydrogen-bond acceptors (Lipinski definition) is 10. The predicted molar refractivity (Wildman–Crippen MR) is 141 cm³/mol. The maximum atomic E-state index is 11.5. The lowest BCUT2D eigenvalue weighted by atomic mass is 10.2. The molecule has 2 aromatic heterocycles. The van der Waals surface area contributed by atoms with Gasteiger partial charge in [0.25, 0.3) is 0 Å². The molecule has 0 unspecified atom stereocenters. The van der Waals surface area contributed by atoms with E-state index in [-0.39, 0.29) is 25.5 Å². The molecule has 1 fully saturated rings. The number of aliphatic carboxylic acids is 3. The number of amides is 1. The quantitative estimate of drug-likeness (QED) is 0.319. The first-order valence-electron chi connectivity index (χ1n) is 12.7. The summed E-state index contributed by atoms with van der Waals surface area (Å²) >= 11 is 0. The van der Waals surface area contributed by atoms with Crippen LogP contribution in [0.2, 0.25) is 0 Å². The van der Waals surface area contributed by atoms with Crippen LogP contribution in [0.3, 0.4) is 0 Å². The van der Waals surface area contributed by atoms with Gasteiger partial charge in [-0.05, 0) is 24.3 Å². The number of carboxylic acid groups (broad SMARTS) is 3. The van der Waals surface area contributed by atoms with Crippen LogP contribution in [0.4, 0.5) is 5.82 Å². The normalized spacial score (nSPS) is 17.3. The van der Waals surface area contributed by atoms with Crippen LogP contribution < -0.4 is 5.32 Å². The van der Waals surface area contributed by atoms with Crippen molar-refractivity contribution in [2.75, 3.05) is 77.3 Å². The summed E-state index contributed by atoms with van der Waals surface area (Å²) in [5, 5.41) is 31.5. The molecule has 14 heteroatoms. The van der Waals surface area contributed by atoms with Crippen molar-refractivity contribution in [3.8, 4) is 0 Å². The van der Waals surface area contributed by atoms with Gasteiger partial charge in [-0.3, -0.25) is 38.8 Å². The highest BCUT2D eigenvalue weighted by molar-refractivity contribution is 5.89. The van der Waals surface area contributed by atoms with Crippen molar-refractivity contribution in [2.45, 2.75) is 13.5 Å². The number of nitrogens with zero attached hydrogens (tertiary/aromatic N) is 6. The van der Waals surface area contributed by atoms with E-state index in [0.29, 0.717) is 70.4 Å². The Morgan fingerprint density at radius 2 is 1.13 bits per heavy atom. The van der Waals surface area contributed by atoms with E-state index in [2.05, 4.69) is 20.2 Å². The van der Waals surface area contributed by atoms with Gasteiger partial charge in [-0.15, -0.1) is 0 Å². The molecule has 39 heavy (non-hydrogen) atoms. The van der Waals surface area contributed by atoms with Crippen LogP contribution in [-0.4, -0.2) is 141 Å². The third kappa shape index (κ3) is 10.5. The molecule has 3 rings (SSSR count). The van der Waals surface area contributed by atoms with E-state index in [1.54, 1.807) is 20.8 Å². The van der Waals surface area contributed by atoms with E-state index in [1.165, 1.54) is 6.92 Å². The molecule has 0 saturated carbocycles. The van der Waals surface area contributed by atoms with Crippen LogP contribution in [0.5, 0.6) is 0 Å². The SMILES string of the molecule is CC(=O)Nc1ccc2ccc(CN3CCN(CC(=O)O)CCN(CC(=O)O)CCN(CC(=O)O)CC3)nc2n1. The number of nitrogens with one attached hydrogen (secondary N) is 1. The molecule has 1 aliphatic rings. The Labute approximate surface area is 225 Å². The summed E-state index contributed by atoms with van der Waals surface area (Å²) in [5.74, 6) is -2.77. The van der Waals surface area contributed by atoms with E-state index < -0.39 is 17.9 Å². The van der Waals surface area contributed by atoms with E-state index in [4.69, 9.17) is 0 Å². The number of rotatable bonds is 9. The molecule has 212 valence electrons. The molecule has 0 atom stereocenters. The fourth-order valence-corrected chi connectivity index (χ4v) is 4.39. The van der Waals surface area contributed by atoms with E-state index in [1.807, 2.05) is 18.2 Å². The van der Waals surface area contributed by atoms with Gasteiger partial charge in [0.15, 0.2) is 5.65 Å². The molecular weight excluding hydrogens is 510 g/mol. The molecular formula is C25H35N7O7. The Morgan fingerprint density at radius 3 is 1.56 bits per heavy atom. The number of anilines is 1. The minimum absolute atomic E-state index is 0.177. The van der Waals surface area contributed by atoms with Gasteiger partial charge in [-0.25, -0.2) is 9.97 Å². The van der Waals surface area contributed by atoms with Gasteiger partial charge in [-0.1, -0.05) is 0 Å². The predicted octanol–water partition coefficient (Wildman–Crippen LogP) is -0.436. The average molecular weight is 546 g/mol. The van der Waals surface area contributed by atoms with E-state index >= 15 is 0 Å². The molecule has 4 N–H and O–H groups in total. The zero-order valence-electron chi connectivity index (χ0n) is 22.0. The minimum atomic E-state index is -0.996. The maximum absolute atomic E-state index is 11.5. The fourth-order valence-electron chi connectivity index (χ4n) is 4.39. The second-order valence-electron chi connectivity index (χ2n) is 9.51. The topological polar surface area (TPSA) is 180 Å². The molecule has 0 aromatic carbocycles. The Bertz CT molecular complexity index is 1150. The van der Waals surface area contributed by atoms with Crippen molar-refractivity contribution in [2.24, 2.45) is 0 Å². The van der Waals surface area contributed by atoms with Crippen molar-refractivity contribution >= 4 is 40.7 Å². The molecule has 0 aliphatic carbocycles. The lowest BCUT2D eigenvalue weighted by molar-refractivity contribution is -0.140. The number of aromatic nitrogens is 2. The minimum Gasteiger partial charge on any atom is -0.480 e. The standard InChI is InChI=1S/C25H35N7O7/c1-18(33)26-21-5-3-19-2-4-20(27-25(19)28-21)14-29-6-8-30(15-22(34)35)10-12-32(17-24(38)39)13-11-31(9-7-29)16-23(36)37/h2-5H,6-17H2,1H3,(H,34,35)(H,36,37)(H,38,39)(H,26,27,28,33). The van der Waals surface area contributed by atoms with Crippen LogP contribution in [0, 0.1) is 0 Å². The zero-order valence-corrected chi connectivity index (χ0v) is 22.0. The third-order valence-corrected chi connectivity index (χ3v) is 6.31. The highest BCUT2D eigenvalue weighted by Gasteiger charge is 2.20. The second-order valence-corrected chi connectivity index (χ2v) is 9.51. The summed E-state index contributed by atoms with van der Waals surface area (Å²) in [6.45, 7) is 4.49. The Hall–Kier alpha value is -3.72. The van der Waals surface area contributed by atoms with Crippen LogP contribution >= 0.6 is 0 Å². The Morgan fingerprint density at radius 1 is 0.692 bits per heavy atom. The van der Waals surface area contributed by atoms with Gasteiger partial charge in [0.05, 0.1) is 25.3 Å². The number of carboxylic acids is 3. The average Bonchev–Trinajstić information content (AvgIpc) is 2.84. The number of carbonyl (C=O) groups excluding carboxylic acids is 1. The maximum Gasteiger partial charge on any atom is 0.317 e. The Balaban J connectivity index is 1.80.